The number of ether oxygens (including phenoxy) is 1. The van der Waals surface area contributed by atoms with Gasteiger partial charge in [0.2, 0.25) is 5.91 Å². The predicted molar refractivity (Wildman–Crippen MR) is 95.3 cm³/mol. The summed E-state index contributed by atoms with van der Waals surface area (Å²) in [7, 11) is 0. The van der Waals surface area contributed by atoms with E-state index in [2.05, 4.69) is 19.8 Å². The maximum atomic E-state index is 13.2. The lowest BCUT2D eigenvalue weighted by Gasteiger charge is -2.40. The van der Waals surface area contributed by atoms with E-state index in [-0.39, 0.29) is 17.6 Å². The number of nitrogens with zero attached hydrogens (tertiary/aromatic N) is 4. The van der Waals surface area contributed by atoms with Crippen LogP contribution in [0.4, 0.5) is 5.82 Å². The third kappa shape index (κ3) is 3.12. The topological polar surface area (TPSA) is 58.6 Å². The molecule has 3 atom stereocenters. The van der Waals surface area contributed by atoms with Gasteiger partial charge in [-0.05, 0) is 45.4 Å². The number of hydrogen-bond acceptors (Lipinski definition) is 5. The molecule has 3 saturated heterocycles. The summed E-state index contributed by atoms with van der Waals surface area (Å²) in [5.74, 6) is 1.33. The molecule has 0 unspecified atom stereocenters. The van der Waals surface area contributed by atoms with Gasteiger partial charge in [-0.1, -0.05) is 0 Å². The third-order valence-electron chi connectivity index (χ3n) is 6.35. The summed E-state index contributed by atoms with van der Waals surface area (Å²) in [6.45, 7) is 5.61. The second kappa shape index (κ2) is 6.90. The number of rotatable bonds is 2. The average molecular weight is 344 g/mol. The van der Waals surface area contributed by atoms with Crippen LogP contribution in [0.1, 0.15) is 45.4 Å². The summed E-state index contributed by atoms with van der Waals surface area (Å²) < 4.78 is 5.65. The highest BCUT2D eigenvalue weighted by Gasteiger charge is 2.47. The molecule has 6 heteroatoms. The van der Waals surface area contributed by atoms with Gasteiger partial charge >= 0.3 is 0 Å². The van der Waals surface area contributed by atoms with Crippen LogP contribution < -0.4 is 4.90 Å². The van der Waals surface area contributed by atoms with E-state index in [4.69, 9.17) is 4.74 Å². The van der Waals surface area contributed by atoms with E-state index in [1.165, 1.54) is 0 Å². The van der Waals surface area contributed by atoms with Crippen LogP contribution in [0.25, 0.3) is 0 Å². The Morgan fingerprint density at radius 3 is 2.76 bits per heavy atom. The van der Waals surface area contributed by atoms with Crippen LogP contribution in [0.2, 0.25) is 0 Å². The molecule has 136 valence electrons. The largest absolute Gasteiger partial charge is 0.378 e. The number of carbonyl (C=O) groups is 1. The lowest BCUT2D eigenvalue weighted by atomic mass is 9.86. The summed E-state index contributed by atoms with van der Waals surface area (Å²) in [6, 6.07) is 0. The van der Waals surface area contributed by atoms with Crippen molar-refractivity contribution in [2.45, 2.75) is 57.1 Å². The van der Waals surface area contributed by atoms with Crippen molar-refractivity contribution in [1.29, 1.82) is 0 Å². The standard InChI is InChI=1S/C19H28N4O2/c1-15-16(4-13-25-15)18(24)23-11-3-6-19(23)5-2-10-22(12-7-19)17-14-20-8-9-21-17/h8-9,14-16H,2-7,10-13H2,1H3/t15-,16-,19+/m0/s1. The van der Waals surface area contributed by atoms with Gasteiger partial charge in [-0.3, -0.25) is 9.78 Å². The number of amides is 1. The van der Waals surface area contributed by atoms with E-state index >= 15 is 0 Å². The molecule has 0 N–H and O–H groups in total. The smallest absolute Gasteiger partial charge is 0.228 e. The number of hydrogen-bond donors (Lipinski definition) is 0. The van der Waals surface area contributed by atoms with Gasteiger partial charge in [0.25, 0.3) is 0 Å². The first-order chi connectivity index (χ1) is 12.2. The van der Waals surface area contributed by atoms with E-state index in [0.29, 0.717) is 5.91 Å². The zero-order valence-corrected chi connectivity index (χ0v) is 15.1. The third-order valence-corrected chi connectivity index (χ3v) is 6.35. The van der Waals surface area contributed by atoms with Gasteiger partial charge < -0.3 is 14.5 Å². The second-order valence-corrected chi connectivity index (χ2v) is 7.69. The molecule has 1 aromatic heterocycles. The van der Waals surface area contributed by atoms with E-state index in [0.717, 1.165) is 70.6 Å². The van der Waals surface area contributed by atoms with E-state index < -0.39 is 0 Å². The van der Waals surface area contributed by atoms with Crippen molar-refractivity contribution in [1.82, 2.24) is 14.9 Å². The Morgan fingerprint density at radius 1 is 1.20 bits per heavy atom. The summed E-state index contributed by atoms with van der Waals surface area (Å²) in [6.07, 6.45) is 11.7. The van der Waals surface area contributed by atoms with Crippen LogP contribution in [0.5, 0.6) is 0 Å². The number of carbonyl (C=O) groups excluding carboxylic acids is 1. The highest BCUT2D eigenvalue weighted by atomic mass is 16.5. The first kappa shape index (κ1) is 16.8. The minimum Gasteiger partial charge on any atom is -0.378 e. The zero-order chi connectivity index (χ0) is 17.3. The molecular weight excluding hydrogens is 316 g/mol. The second-order valence-electron chi connectivity index (χ2n) is 7.69. The number of anilines is 1. The molecule has 3 fully saturated rings. The molecular formula is C19H28N4O2. The molecule has 25 heavy (non-hydrogen) atoms. The highest BCUT2D eigenvalue weighted by molar-refractivity contribution is 5.81. The van der Waals surface area contributed by atoms with Crippen molar-refractivity contribution in [3.8, 4) is 0 Å². The first-order valence-electron chi connectivity index (χ1n) is 9.64. The average Bonchev–Trinajstić information content (AvgIpc) is 3.18. The molecule has 3 aliphatic heterocycles. The van der Waals surface area contributed by atoms with Gasteiger partial charge in [-0.2, -0.15) is 0 Å². The Hall–Kier alpha value is -1.69. The molecule has 1 amide bonds. The van der Waals surface area contributed by atoms with Gasteiger partial charge in [-0.25, -0.2) is 4.98 Å². The molecule has 0 bridgehead atoms. The molecule has 0 aromatic carbocycles. The van der Waals surface area contributed by atoms with E-state index in [1.54, 1.807) is 12.4 Å². The fourth-order valence-electron chi connectivity index (χ4n) is 4.92. The van der Waals surface area contributed by atoms with Crippen molar-refractivity contribution in [2.75, 3.05) is 31.1 Å². The minimum absolute atomic E-state index is 0.0380. The monoisotopic (exact) mass is 344 g/mol. The molecule has 1 aromatic rings. The van der Waals surface area contributed by atoms with Crippen molar-refractivity contribution >= 4 is 11.7 Å². The van der Waals surface area contributed by atoms with Crippen LogP contribution in [0.15, 0.2) is 18.6 Å². The Morgan fingerprint density at radius 2 is 2.04 bits per heavy atom. The summed E-state index contributed by atoms with van der Waals surface area (Å²) in [4.78, 5) is 26.4. The van der Waals surface area contributed by atoms with Gasteiger partial charge in [-0.15, -0.1) is 0 Å². The lowest BCUT2D eigenvalue weighted by Crippen LogP contribution is -2.51. The van der Waals surface area contributed by atoms with Crippen molar-refractivity contribution < 1.29 is 9.53 Å². The van der Waals surface area contributed by atoms with Gasteiger partial charge in [0.15, 0.2) is 0 Å². The Kier molecular flexibility index (Phi) is 4.63. The quantitative estimate of drug-likeness (QED) is 0.824. The Labute approximate surface area is 149 Å². The Bertz CT molecular complexity index is 611. The Balaban J connectivity index is 1.49. The highest BCUT2D eigenvalue weighted by Crippen LogP contribution is 2.41. The lowest BCUT2D eigenvalue weighted by molar-refractivity contribution is -0.141. The fraction of sp³-hybridized carbons (Fsp3) is 0.737. The summed E-state index contributed by atoms with van der Waals surface area (Å²) in [5.41, 5.74) is 0.0380. The maximum absolute atomic E-state index is 13.2. The minimum atomic E-state index is 0.0380. The van der Waals surface area contributed by atoms with Crippen LogP contribution in [-0.4, -0.2) is 58.7 Å². The van der Waals surface area contributed by atoms with Gasteiger partial charge in [0.1, 0.15) is 5.82 Å². The first-order valence-corrected chi connectivity index (χ1v) is 9.64. The predicted octanol–water partition coefficient (Wildman–Crippen LogP) is 2.25. The van der Waals surface area contributed by atoms with E-state index in [1.807, 2.05) is 13.1 Å². The molecule has 0 aliphatic carbocycles. The summed E-state index contributed by atoms with van der Waals surface area (Å²) in [5, 5.41) is 0. The zero-order valence-electron chi connectivity index (χ0n) is 15.1. The normalized spacial score (nSPS) is 33.0. The van der Waals surface area contributed by atoms with Crippen molar-refractivity contribution in [3.63, 3.8) is 0 Å². The van der Waals surface area contributed by atoms with Crippen molar-refractivity contribution in [2.24, 2.45) is 5.92 Å². The molecule has 0 saturated carbocycles. The molecule has 6 nitrogen and oxygen atoms in total. The molecule has 4 rings (SSSR count). The molecule has 4 heterocycles. The van der Waals surface area contributed by atoms with Crippen LogP contribution in [0, 0.1) is 5.92 Å². The van der Waals surface area contributed by atoms with Crippen LogP contribution in [0.3, 0.4) is 0 Å². The maximum Gasteiger partial charge on any atom is 0.228 e. The van der Waals surface area contributed by atoms with Crippen molar-refractivity contribution in [3.05, 3.63) is 18.6 Å². The molecule has 1 spiro atoms. The number of aromatic nitrogens is 2. The SMILES string of the molecule is C[C@@H]1OCC[C@@H]1C(=O)N1CCC[C@@]12CCCN(c1cnccn1)CC2. The summed E-state index contributed by atoms with van der Waals surface area (Å²) >= 11 is 0. The number of likely N-dealkylation sites (tertiary alicyclic amines) is 1. The van der Waals surface area contributed by atoms with Crippen LogP contribution in [-0.2, 0) is 9.53 Å². The van der Waals surface area contributed by atoms with Crippen LogP contribution >= 0.6 is 0 Å². The van der Waals surface area contributed by atoms with Gasteiger partial charge in [0, 0.05) is 44.2 Å². The molecule has 0 radical (unpaired) electrons. The fourth-order valence-corrected chi connectivity index (χ4v) is 4.92. The molecule has 3 aliphatic rings. The van der Waals surface area contributed by atoms with E-state index in [9.17, 15) is 4.79 Å². The van der Waals surface area contributed by atoms with Gasteiger partial charge in [0.05, 0.1) is 18.2 Å².